The van der Waals surface area contributed by atoms with E-state index in [2.05, 4.69) is 25.7 Å². The third-order valence-electron chi connectivity index (χ3n) is 4.49. The lowest BCUT2D eigenvalue weighted by Crippen LogP contribution is -2.44. The van der Waals surface area contributed by atoms with E-state index in [1.54, 1.807) is 7.05 Å². The van der Waals surface area contributed by atoms with Crippen molar-refractivity contribution in [2.75, 3.05) is 20.2 Å². The number of pyridine rings is 1. The quantitative estimate of drug-likeness (QED) is 0.244. The Balaban J connectivity index is 0.00000450. The number of hydrogen-bond donors (Lipinski definition) is 2. The van der Waals surface area contributed by atoms with Crippen molar-refractivity contribution in [3.8, 4) is 5.88 Å². The minimum atomic E-state index is -4.51. The van der Waals surface area contributed by atoms with Crippen molar-refractivity contribution in [3.63, 3.8) is 0 Å². The van der Waals surface area contributed by atoms with Crippen LogP contribution in [0.3, 0.4) is 0 Å². The average molecular weight is 540 g/mol. The highest BCUT2D eigenvalue weighted by Crippen LogP contribution is 2.34. The minimum absolute atomic E-state index is 0. The molecule has 0 aromatic carbocycles. The molecular weight excluding hydrogens is 512 g/mol. The molecule has 168 valence electrons. The van der Waals surface area contributed by atoms with Crippen molar-refractivity contribution < 1.29 is 17.9 Å². The van der Waals surface area contributed by atoms with E-state index in [1.807, 2.05) is 32.5 Å². The molecule has 11 heteroatoms. The van der Waals surface area contributed by atoms with Gasteiger partial charge in [0.2, 0.25) is 5.88 Å². The van der Waals surface area contributed by atoms with E-state index in [0.29, 0.717) is 5.96 Å². The molecule has 2 aromatic heterocycles. The second kappa shape index (κ2) is 11.4. The van der Waals surface area contributed by atoms with Crippen LogP contribution in [0.4, 0.5) is 13.2 Å². The Morgan fingerprint density at radius 2 is 2.03 bits per heavy atom. The number of hydrogen-bond acceptors (Lipinski definition) is 4. The van der Waals surface area contributed by atoms with Crippen LogP contribution in [0.25, 0.3) is 0 Å². The van der Waals surface area contributed by atoms with Gasteiger partial charge in [0.15, 0.2) is 5.96 Å². The summed E-state index contributed by atoms with van der Waals surface area (Å²) in [6, 6.07) is 2.25. The van der Waals surface area contributed by atoms with Crippen LogP contribution in [0.1, 0.15) is 29.4 Å². The van der Waals surface area contributed by atoms with E-state index < -0.39 is 17.6 Å². The minimum Gasteiger partial charge on any atom is -0.475 e. The molecule has 0 radical (unpaired) electrons. The largest absolute Gasteiger partial charge is 0.475 e. The maximum atomic E-state index is 13.0. The van der Waals surface area contributed by atoms with Gasteiger partial charge in [-0.3, -0.25) is 9.67 Å². The van der Waals surface area contributed by atoms with Crippen LogP contribution in [0, 0.1) is 13.8 Å². The second-order valence-corrected chi connectivity index (χ2v) is 6.72. The molecule has 2 heterocycles. The molecule has 30 heavy (non-hydrogen) atoms. The van der Waals surface area contributed by atoms with Gasteiger partial charge in [0.05, 0.1) is 12.2 Å². The van der Waals surface area contributed by atoms with Gasteiger partial charge in [0.25, 0.3) is 0 Å². The standard InChI is InChI=1S/C19H27F3N6O.HI/c1-12(11-15-13(2)27-28(5)14(15)3)26-18(23-4)25-9-10-29-17-16(19(20,21)22)7-6-8-24-17;/h6-8,12H,9-11H2,1-5H3,(H2,23,25,26);1H. The normalized spacial score (nSPS) is 12.9. The third kappa shape index (κ3) is 7.03. The van der Waals surface area contributed by atoms with Crippen molar-refractivity contribution >= 4 is 29.9 Å². The molecule has 2 rings (SSSR count). The Labute approximate surface area is 191 Å². The molecule has 0 bridgehead atoms. The summed E-state index contributed by atoms with van der Waals surface area (Å²) in [6.07, 6.45) is -2.47. The molecular formula is C19H28F3IN6O. The van der Waals surface area contributed by atoms with Gasteiger partial charge >= 0.3 is 6.18 Å². The summed E-state index contributed by atoms with van der Waals surface area (Å²) >= 11 is 0. The van der Waals surface area contributed by atoms with Gasteiger partial charge in [0.1, 0.15) is 12.2 Å². The van der Waals surface area contributed by atoms with Crippen LogP contribution in [0.5, 0.6) is 5.88 Å². The Hall–Kier alpha value is -2.05. The first-order valence-corrected chi connectivity index (χ1v) is 9.24. The summed E-state index contributed by atoms with van der Waals surface area (Å²) in [6.45, 7) is 6.31. The van der Waals surface area contributed by atoms with Gasteiger partial charge in [-0.1, -0.05) is 0 Å². The van der Waals surface area contributed by atoms with E-state index >= 15 is 0 Å². The molecule has 7 nitrogen and oxygen atoms in total. The van der Waals surface area contributed by atoms with Crippen LogP contribution in [-0.2, 0) is 19.6 Å². The fourth-order valence-electron chi connectivity index (χ4n) is 2.94. The number of nitrogens with zero attached hydrogens (tertiary/aromatic N) is 4. The predicted molar refractivity (Wildman–Crippen MR) is 120 cm³/mol. The number of alkyl halides is 3. The lowest BCUT2D eigenvalue weighted by Gasteiger charge is -2.18. The van der Waals surface area contributed by atoms with Gasteiger partial charge < -0.3 is 15.4 Å². The Kier molecular flexibility index (Phi) is 9.85. The molecule has 1 unspecified atom stereocenters. The summed E-state index contributed by atoms with van der Waals surface area (Å²) < 4.78 is 45.9. The molecule has 0 aliphatic heterocycles. The lowest BCUT2D eigenvalue weighted by atomic mass is 10.1. The molecule has 0 fully saturated rings. The van der Waals surface area contributed by atoms with E-state index in [-0.39, 0.29) is 43.2 Å². The molecule has 0 saturated heterocycles. The van der Waals surface area contributed by atoms with Gasteiger partial charge in [-0.15, -0.1) is 24.0 Å². The summed E-state index contributed by atoms with van der Waals surface area (Å²) in [5.74, 6) is 0.109. The van der Waals surface area contributed by atoms with Crippen molar-refractivity contribution in [2.45, 2.75) is 39.4 Å². The summed E-state index contributed by atoms with van der Waals surface area (Å²) in [5, 5.41) is 10.7. The number of guanidine groups is 1. The van der Waals surface area contributed by atoms with Crippen LogP contribution in [-0.4, -0.2) is 47.0 Å². The number of aromatic nitrogens is 3. The zero-order valence-electron chi connectivity index (χ0n) is 17.7. The number of aryl methyl sites for hydroxylation is 2. The monoisotopic (exact) mass is 540 g/mol. The molecule has 2 N–H and O–H groups in total. The summed E-state index contributed by atoms with van der Waals surface area (Å²) in [4.78, 5) is 7.82. The molecule has 0 aliphatic rings. The number of ether oxygens (including phenoxy) is 1. The highest BCUT2D eigenvalue weighted by atomic mass is 127. The zero-order valence-corrected chi connectivity index (χ0v) is 20.0. The number of nitrogens with one attached hydrogen (secondary N) is 2. The highest BCUT2D eigenvalue weighted by Gasteiger charge is 2.35. The Morgan fingerprint density at radius 3 is 2.60 bits per heavy atom. The van der Waals surface area contributed by atoms with Crippen molar-refractivity contribution in [3.05, 3.63) is 40.8 Å². The van der Waals surface area contributed by atoms with E-state index in [0.717, 1.165) is 23.9 Å². The van der Waals surface area contributed by atoms with E-state index in [9.17, 15) is 13.2 Å². The summed E-state index contributed by atoms with van der Waals surface area (Å²) in [7, 11) is 3.54. The zero-order chi connectivity index (χ0) is 21.6. The first kappa shape index (κ1) is 26.0. The van der Waals surface area contributed by atoms with Gasteiger partial charge in [0, 0.05) is 32.0 Å². The predicted octanol–water partition coefficient (Wildman–Crippen LogP) is 3.24. The first-order chi connectivity index (χ1) is 13.6. The molecule has 0 saturated carbocycles. The van der Waals surface area contributed by atoms with Gasteiger partial charge in [-0.2, -0.15) is 18.3 Å². The molecule has 1 atom stereocenters. The first-order valence-electron chi connectivity index (χ1n) is 9.24. The van der Waals surface area contributed by atoms with Gasteiger partial charge in [-0.05, 0) is 44.9 Å². The van der Waals surface area contributed by atoms with Crippen molar-refractivity contribution in [1.29, 1.82) is 0 Å². The topological polar surface area (TPSA) is 76.4 Å². The Bertz CT molecular complexity index is 853. The van der Waals surface area contributed by atoms with Crippen LogP contribution < -0.4 is 15.4 Å². The maximum Gasteiger partial charge on any atom is 0.421 e. The number of halogens is 4. The number of aliphatic imine (C=N–C) groups is 1. The van der Waals surface area contributed by atoms with Crippen LogP contribution in [0.2, 0.25) is 0 Å². The molecule has 0 amide bonds. The molecule has 2 aromatic rings. The molecule has 0 aliphatic carbocycles. The fraction of sp³-hybridized carbons (Fsp3) is 0.526. The Morgan fingerprint density at radius 1 is 1.33 bits per heavy atom. The SMILES string of the molecule is CN=C(NCCOc1ncccc1C(F)(F)F)NC(C)Cc1c(C)nn(C)c1C.I. The fourth-order valence-corrected chi connectivity index (χ4v) is 2.94. The molecule has 0 spiro atoms. The van der Waals surface area contributed by atoms with Crippen LogP contribution >= 0.6 is 24.0 Å². The average Bonchev–Trinajstić information content (AvgIpc) is 2.89. The van der Waals surface area contributed by atoms with Gasteiger partial charge in [-0.25, -0.2) is 4.98 Å². The highest BCUT2D eigenvalue weighted by molar-refractivity contribution is 14.0. The van der Waals surface area contributed by atoms with Crippen LogP contribution in [0.15, 0.2) is 23.3 Å². The lowest BCUT2D eigenvalue weighted by molar-refractivity contribution is -0.139. The van der Waals surface area contributed by atoms with Crippen molar-refractivity contribution in [1.82, 2.24) is 25.4 Å². The van der Waals surface area contributed by atoms with Crippen molar-refractivity contribution in [2.24, 2.45) is 12.0 Å². The third-order valence-corrected chi connectivity index (χ3v) is 4.49. The van der Waals surface area contributed by atoms with E-state index in [1.165, 1.54) is 17.8 Å². The smallest absolute Gasteiger partial charge is 0.421 e. The maximum absolute atomic E-state index is 13.0. The number of rotatable bonds is 7. The second-order valence-electron chi connectivity index (χ2n) is 6.72. The summed E-state index contributed by atoms with van der Waals surface area (Å²) in [5.41, 5.74) is 2.40. The van der Waals surface area contributed by atoms with E-state index in [4.69, 9.17) is 4.74 Å².